The zero-order chi connectivity index (χ0) is 46.6. The summed E-state index contributed by atoms with van der Waals surface area (Å²) < 4.78 is 13.5. The van der Waals surface area contributed by atoms with Crippen LogP contribution in [0.2, 0.25) is 19.6 Å². The number of rotatable bonds is 7. The van der Waals surface area contributed by atoms with Gasteiger partial charge in [-0.05, 0) is 160 Å². The highest BCUT2D eigenvalue weighted by Gasteiger charge is 2.23. The number of furan rings is 2. The lowest BCUT2D eigenvalue weighted by Gasteiger charge is -2.28. The van der Waals surface area contributed by atoms with Gasteiger partial charge in [0.15, 0.2) is 0 Å². The van der Waals surface area contributed by atoms with Crippen LogP contribution in [0.1, 0.15) is 58.2 Å². The van der Waals surface area contributed by atoms with Crippen LogP contribution < -0.4 is 15.0 Å². The quantitative estimate of drug-likeness (QED) is 0.149. The van der Waals surface area contributed by atoms with E-state index in [1.807, 2.05) is 0 Å². The lowest BCUT2D eigenvalue weighted by Crippen LogP contribution is -2.37. The minimum atomic E-state index is -1.47. The van der Waals surface area contributed by atoms with E-state index >= 15 is 0 Å². The SMILES string of the molecule is Cc1ccc(N(c2ccc(C(C)(C)C)cc2)c2ccc3cc4c(cc3c2)oc2ccc3oc5cc6cc(N(c7ccc(C(C)(C)C)cc7)c7ccc([Si](C)(C)C)cc7)ccc6cc5c3c24)cc1. The topological polar surface area (TPSA) is 32.8 Å². The molecule has 67 heavy (non-hydrogen) atoms. The van der Waals surface area contributed by atoms with Crippen molar-refractivity contribution in [2.45, 2.75) is 78.9 Å². The number of hydrogen-bond acceptors (Lipinski definition) is 4. The van der Waals surface area contributed by atoms with Gasteiger partial charge in [0, 0.05) is 55.7 Å². The second kappa shape index (κ2) is 15.5. The van der Waals surface area contributed by atoms with Gasteiger partial charge in [0.05, 0.1) is 8.07 Å². The standard InChI is InChI=1S/C62H58N2O2Si/c1-39-11-19-46(20-12-39)63(47-23-15-44(16-24-47)61(2,3)4)50-21-13-40-35-53-57(37-42(40)33-50)65-55-31-32-56-60(59(53)55)54-36-41-14-22-51(34-43(41)38-58(54)66-56)64(48-25-17-45(18-26-48)62(5,6)7)49-27-29-52(30-28-49)67(8,9)10/h11-38H,1-10H3. The molecule has 0 saturated heterocycles. The van der Waals surface area contributed by atoms with E-state index in [1.54, 1.807) is 0 Å². The summed E-state index contributed by atoms with van der Waals surface area (Å²) in [5.74, 6) is 0. The minimum absolute atomic E-state index is 0.0697. The number of nitrogens with zero attached hydrogens (tertiary/aromatic N) is 2. The summed E-state index contributed by atoms with van der Waals surface area (Å²) in [6.45, 7) is 22.9. The Morgan fingerprint density at radius 1 is 0.358 bits per heavy atom. The van der Waals surface area contributed by atoms with Crippen molar-refractivity contribution in [3.8, 4) is 0 Å². The van der Waals surface area contributed by atoms with Crippen LogP contribution in [-0.4, -0.2) is 8.07 Å². The molecule has 0 spiro atoms. The molecule has 5 heteroatoms. The largest absolute Gasteiger partial charge is 0.456 e. The normalized spacial score (nSPS) is 12.6. The van der Waals surface area contributed by atoms with Crippen LogP contribution in [0.15, 0.2) is 179 Å². The molecule has 0 amide bonds. The van der Waals surface area contributed by atoms with E-state index in [4.69, 9.17) is 8.83 Å². The van der Waals surface area contributed by atoms with Crippen molar-refractivity contribution < 1.29 is 8.83 Å². The lowest BCUT2D eigenvalue weighted by atomic mass is 9.87. The van der Waals surface area contributed by atoms with Crippen molar-refractivity contribution in [3.05, 3.63) is 187 Å². The van der Waals surface area contributed by atoms with Crippen LogP contribution in [0.4, 0.5) is 34.1 Å². The number of fused-ring (bicyclic) bond motifs is 9. The average Bonchev–Trinajstić information content (AvgIpc) is 3.84. The van der Waals surface area contributed by atoms with Gasteiger partial charge in [-0.1, -0.05) is 133 Å². The Bertz CT molecular complexity index is 3610. The average molecular weight is 891 g/mol. The third kappa shape index (κ3) is 7.65. The van der Waals surface area contributed by atoms with Crippen LogP contribution >= 0.6 is 0 Å². The first-order valence-corrected chi connectivity index (χ1v) is 27.1. The van der Waals surface area contributed by atoms with Gasteiger partial charge in [0.2, 0.25) is 0 Å². The predicted molar refractivity (Wildman–Crippen MR) is 290 cm³/mol. The Morgan fingerprint density at radius 2 is 0.716 bits per heavy atom. The Morgan fingerprint density at radius 3 is 1.09 bits per heavy atom. The van der Waals surface area contributed by atoms with Gasteiger partial charge in [0.1, 0.15) is 22.3 Å². The molecule has 0 saturated carbocycles. The molecule has 0 aliphatic rings. The van der Waals surface area contributed by atoms with Crippen LogP contribution in [0.25, 0.3) is 65.4 Å². The molecule has 0 atom stereocenters. The van der Waals surface area contributed by atoms with Gasteiger partial charge < -0.3 is 18.6 Å². The highest BCUT2D eigenvalue weighted by Crippen LogP contribution is 2.45. The molecular weight excluding hydrogens is 833 g/mol. The first-order valence-electron chi connectivity index (χ1n) is 23.6. The molecule has 332 valence electrons. The van der Waals surface area contributed by atoms with Crippen molar-refractivity contribution in [1.29, 1.82) is 0 Å². The summed E-state index contributed by atoms with van der Waals surface area (Å²) in [6.07, 6.45) is 0. The number of hydrogen-bond donors (Lipinski definition) is 0. The highest BCUT2D eigenvalue weighted by molar-refractivity contribution is 6.88. The van der Waals surface area contributed by atoms with E-state index < -0.39 is 8.07 Å². The third-order valence-corrected chi connectivity index (χ3v) is 15.8. The molecule has 2 heterocycles. The van der Waals surface area contributed by atoms with Gasteiger partial charge in [-0.3, -0.25) is 0 Å². The monoisotopic (exact) mass is 890 g/mol. The van der Waals surface area contributed by atoms with Crippen molar-refractivity contribution in [2.75, 3.05) is 9.80 Å². The maximum atomic E-state index is 6.74. The zero-order valence-electron chi connectivity index (χ0n) is 40.4. The summed E-state index contributed by atoms with van der Waals surface area (Å²) in [6, 6.07) is 62.8. The van der Waals surface area contributed by atoms with E-state index in [9.17, 15) is 0 Å². The van der Waals surface area contributed by atoms with E-state index in [0.717, 1.165) is 99.5 Å². The molecule has 11 rings (SSSR count). The van der Waals surface area contributed by atoms with Crippen LogP contribution in [-0.2, 0) is 10.8 Å². The van der Waals surface area contributed by atoms with Crippen molar-refractivity contribution >= 4 is 113 Å². The lowest BCUT2D eigenvalue weighted by molar-refractivity contribution is 0.590. The number of benzene rings is 9. The molecular formula is C62H58N2O2Si. The van der Waals surface area contributed by atoms with Gasteiger partial charge in [-0.2, -0.15) is 0 Å². The third-order valence-electron chi connectivity index (χ3n) is 13.7. The van der Waals surface area contributed by atoms with E-state index in [-0.39, 0.29) is 10.8 Å². The van der Waals surface area contributed by atoms with Gasteiger partial charge >= 0.3 is 0 Å². The molecule has 9 aromatic carbocycles. The maximum absolute atomic E-state index is 6.74. The first-order chi connectivity index (χ1) is 32.0. The van der Waals surface area contributed by atoms with E-state index in [2.05, 4.69) is 248 Å². The maximum Gasteiger partial charge on any atom is 0.136 e. The van der Waals surface area contributed by atoms with Crippen LogP contribution in [0, 0.1) is 6.92 Å². The van der Waals surface area contributed by atoms with Crippen LogP contribution in [0.5, 0.6) is 0 Å². The van der Waals surface area contributed by atoms with Crippen molar-refractivity contribution in [2.24, 2.45) is 0 Å². The molecule has 0 aliphatic heterocycles. The second-order valence-electron chi connectivity index (χ2n) is 21.7. The number of aryl methyl sites for hydroxylation is 1. The van der Waals surface area contributed by atoms with Crippen molar-refractivity contribution in [3.63, 3.8) is 0 Å². The van der Waals surface area contributed by atoms with E-state index in [0.29, 0.717) is 0 Å². The van der Waals surface area contributed by atoms with Crippen LogP contribution in [0.3, 0.4) is 0 Å². The molecule has 0 bridgehead atoms. The molecule has 2 aromatic heterocycles. The zero-order valence-corrected chi connectivity index (χ0v) is 41.4. The molecule has 11 aromatic rings. The summed E-state index contributed by atoms with van der Waals surface area (Å²) >= 11 is 0. The molecule has 0 N–H and O–H groups in total. The fraction of sp³-hybridized carbons (Fsp3) is 0.194. The fourth-order valence-electron chi connectivity index (χ4n) is 9.79. The Labute approximate surface area is 395 Å². The Balaban J connectivity index is 1.01. The molecule has 0 fully saturated rings. The highest BCUT2D eigenvalue weighted by atomic mass is 28.3. The van der Waals surface area contributed by atoms with E-state index in [1.165, 1.54) is 21.9 Å². The summed E-state index contributed by atoms with van der Waals surface area (Å²) in [4.78, 5) is 4.72. The first kappa shape index (κ1) is 42.5. The smallest absolute Gasteiger partial charge is 0.136 e. The van der Waals surface area contributed by atoms with Gasteiger partial charge in [-0.25, -0.2) is 0 Å². The summed E-state index contributed by atoms with van der Waals surface area (Å²) in [7, 11) is -1.47. The predicted octanol–water partition coefficient (Wildman–Crippen LogP) is 18.2. The molecule has 4 nitrogen and oxygen atoms in total. The molecule has 0 aliphatic carbocycles. The second-order valence-corrected chi connectivity index (χ2v) is 26.7. The molecule has 0 unspecified atom stereocenters. The number of anilines is 6. The minimum Gasteiger partial charge on any atom is -0.456 e. The Hall–Kier alpha value is -7.08. The van der Waals surface area contributed by atoms with Gasteiger partial charge in [0.25, 0.3) is 0 Å². The summed E-state index contributed by atoms with van der Waals surface area (Å²) in [5.41, 5.74) is 14.1. The summed E-state index contributed by atoms with van der Waals surface area (Å²) in [5, 5.41) is 10.3. The fourth-order valence-corrected chi connectivity index (χ4v) is 11.0. The Kier molecular flexibility index (Phi) is 9.84. The van der Waals surface area contributed by atoms with Gasteiger partial charge in [-0.15, -0.1) is 0 Å². The van der Waals surface area contributed by atoms with Crippen molar-refractivity contribution in [1.82, 2.24) is 0 Å². The molecule has 0 radical (unpaired) electrons.